The van der Waals surface area contributed by atoms with Crippen molar-refractivity contribution in [1.29, 1.82) is 0 Å². The van der Waals surface area contributed by atoms with E-state index in [0.717, 1.165) is 57.8 Å². The average molecular weight is 779 g/mol. The summed E-state index contributed by atoms with van der Waals surface area (Å²) in [5, 5.41) is 0. The molecule has 1 atom stereocenters. The quantitative estimate of drug-likeness (QED) is 0.0348. The van der Waals surface area contributed by atoms with Gasteiger partial charge in [-0.05, 0) is 19.3 Å². The van der Waals surface area contributed by atoms with Gasteiger partial charge in [-0.15, -0.1) is 0 Å². The van der Waals surface area contributed by atoms with Crippen LogP contribution in [0.2, 0.25) is 0 Å². The number of hydrogen-bond acceptors (Lipinski definition) is 6. The topological polar surface area (TPSA) is 78.9 Å². The minimum atomic E-state index is -0.758. The predicted octanol–water partition coefficient (Wildman–Crippen LogP) is 15.6. The molecule has 0 saturated carbocycles. The summed E-state index contributed by atoms with van der Waals surface area (Å²) in [7, 11) is 0. The van der Waals surface area contributed by atoms with Gasteiger partial charge in [0.05, 0.1) is 0 Å². The Labute approximate surface area is 342 Å². The van der Waals surface area contributed by atoms with Gasteiger partial charge in [-0.2, -0.15) is 0 Å². The second kappa shape index (κ2) is 45.1. The molecular weight excluding hydrogens is 685 g/mol. The average Bonchev–Trinajstić information content (AvgIpc) is 3.18. The van der Waals surface area contributed by atoms with E-state index in [1.165, 1.54) is 180 Å². The van der Waals surface area contributed by atoms with E-state index in [2.05, 4.69) is 20.8 Å². The lowest BCUT2D eigenvalue weighted by atomic mass is 10.0. The maximum Gasteiger partial charge on any atom is 0.306 e. The first-order valence-electron chi connectivity index (χ1n) is 24.5. The fraction of sp³-hybridized carbons (Fsp3) is 0.939. The molecule has 0 amide bonds. The molecule has 0 N–H and O–H groups in total. The van der Waals surface area contributed by atoms with E-state index >= 15 is 0 Å². The molecule has 0 aromatic rings. The van der Waals surface area contributed by atoms with Gasteiger partial charge < -0.3 is 14.2 Å². The monoisotopic (exact) mass is 779 g/mol. The van der Waals surface area contributed by atoms with Gasteiger partial charge in [-0.3, -0.25) is 14.4 Å². The van der Waals surface area contributed by atoms with Crippen LogP contribution >= 0.6 is 0 Å². The molecule has 6 nitrogen and oxygen atoms in total. The summed E-state index contributed by atoms with van der Waals surface area (Å²) in [4.78, 5) is 37.8. The Balaban J connectivity index is 4.28. The lowest BCUT2D eigenvalue weighted by molar-refractivity contribution is -0.167. The van der Waals surface area contributed by atoms with Crippen LogP contribution in [-0.4, -0.2) is 37.2 Å². The van der Waals surface area contributed by atoms with Crippen molar-refractivity contribution in [3.8, 4) is 0 Å². The Morgan fingerprint density at radius 1 is 0.291 bits per heavy atom. The molecule has 55 heavy (non-hydrogen) atoms. The Hall–Kier alpha value is -1.59. The molecule has 326 valence electrons. The van der Waals surface area contributed by atoms with Crippen LogP contribution in [0.25, 0.3) is 0 Å². The lowest BCUT2D eigenvalue weighted by Gasteiger charge is -2.18. The number of hydrogen-bond donors (Lipinski definition) is 0. The van der Waals surface area contributed by atoms with Gasteiger partial charge in [-0.1, -0.05) is 239 Å². The summed E-state index contributed by atoms with van der Waals surface area (Å²) in [5.41, 5.74) is 0. The highest BCUT2D eigenvalue weighted by Gasteiger charge is 2.19. The number of esters is 3. The van der Waals surface area contributed by atoms with E-state index < -0.39 is 6.10 Å². The highest BCUT2D eigenvalue weighted by atomic mass is 16.6. The van der Waals surface area contributed by atoms with Crippen LogP contribution in [0, 0.1) is 0 Å². The molecule has 6 heteroatoms. The summed E-state index contributed by atoms with van der Waals surface area (Å²) in [6.45, 7) is 6.66. The normalized spacial score (nSPS) is 11.8. The van der Waals surface area contributed by atoms with Crippen molar-refractivity contribution in [2.24, 2.45) is 0 Å². The molecule has 0 spiro atoms. The largest absolute Gasteiger partial charge is 0.462 e. The highest BCUT2D eigenvalue weighted by Crippen LogP contribution is 2.16. The van der Waals surface area contributed by atoms with Crippen LogP contribution in [0.15, 0.2) is 0 Å². The molecule has 0 bridgehead atoms. The van der Waals surface area contributed by atoms with E-state index in [1.54, 1.807) is 0 Å². The van der Waals surface area contributed by atoms with E-state index in [-0.39, 0.29) is 31.1 Å². The molecule has 0 heterocycles. The smallest absolute Gasteiger partial charge is 0.306 e. The third-order valence-electron chi connectivity index (χ3n) is 11.1. The van der Waals surface area contributed by atoms with Gasteiger partial charge in [0.25, 0.3) is 0 Å². The summed E-state index contributed by atoms with van der Waals surface area (Å²) in [6.07, 6.45) is 46.5. The van der Waals surface area contributed by atoms with E-state index in [0.29, 0.717) is 19.3 Å². The minimum absolute atomic E-state index is 0.0622. The SMILES string of the molecule is CCCCCCCCCCCCCCCCCC(=O)OC[C@H](COC(=O)CCCCCCCCCCCCC)OC(=O)CCCCCCCCCCCCC. The molecule has 0 rings (SSSR count). The van der Waals surface area contributed by atoms with Gasteiger partial charge in [0.15, 0.2) is 6.10 Å². The molecule has 0 aliphatic carbocycles. The van der Waals surface area contributed by atoms with Crippen molar-refractivity contribution in [1.82, 2.24) is 0 Å². The summed E-state index contributed by atoms with van der Waals surface area (Å²) >= 11 is 0. The Morgan fingerprint density at radius 3 is 0.727 bits per heavy atom. The summed E-state index contributed by atoms with van der Waals surface area (Å²) < 4.78 is 16.7. The van der Waals surface area contributed by atoms with Gasteiger partial charge in [0.1, 0.15) is 13.2 Å². The number of carbonyl (C=O) groups is 3. The first kappa shape index (κ1) is 53.4. The zero-order valence-corrected chi connectivity index (χ0v) is 37.2. The highest BCUT2D eigenvalue weighted by molar-refractivity contribution is 5.71. The van der Waals surface area contributed by atoms with Crippen LogP contribution in [0.5, 0.6) is 0 Å². The molecule has 0 saturated heterocycles. The van der Waals surface area contributed by atoms with Gasteiger partial charge in [-0.25, -0.2) is 0 Å². The molecule has 0 aliphatic heterocycles. The van der Waals surface area contributed by atoms with Gasteiger partial charge in [0, 0.05) is 19.3 Å². The predicted molar refractivity (Wildman–Crippen MR) is 233 cm³/mol. The standard InChI is InChI=1S/C49H94O6/c1-4-7-10-13-16-19-22-23-24-25-28-30-33-36-39-42-48(51)54-45-46(55-49(52)43-40-37-34-31-27-21-18-15-12-9-6-3)44-53-47(50)41-38-35-32-29-26-20-17-14-11-8-5-2/h46H,4-45H2,1-3H3/t46-/m0/s1. The zero-order chi connectivity index (χ0) is 40.1. The molecular formula is C49H94O6. The molecule has 0 fully saturated rings. The number of rotatable bonds is 45. The third kappa shape index (κ3) is 43.4. The zero-order valence-electron chi connectivity index (χ0n) is 37.2. The molecule has 0 radical (unpaired) electrons. The molecule has 0 aromatic carbocycles. The number of unbranched alkanes of at least 4 members (excludes halogenated alkanes) is 34. The Kier molecular flexibility index (Phi) is 43.8. The lowest BCUT2D eigenvalue weighted by Crippen LogP contribution is -2.30. The van der Waals surface area contributed by atoms with E-state index in [4.69, 9.17) is 14.2 Å². The first-order valence-corrected chi connectivity index (χ1v) is 24.5. The maximum atomic E-state index is 12.7. The minimum Gasteiger partial charge on any atom is -0.462 e. The van der Waals surface area contributed by atoms with Crippen LogP contribution < -0.4 is 0 Å². The van der Waals surface area contributed by atoms with Gasteiger partial charge in [0.2, 0.25) is 0 Å². The van der Waals surface area contributed by atoms with Crippen molar-refractivity contribution in [2.75, 3.05) is 13.2 Å². The molecule has 0 aliphatic rings. The van der Waals surface area contributed by atoms with Crippen LogP contribution in [0.3, 0.4) is 0 Å². The maximum absolute atomic E-state index is 12.7. The van der Waals surface area contributed by atoms with Crippen molar-refractivity contribution in [3.63, 3.8) is 0 Å². The Morgan fingerprint density at radius 2 is 0.491 bits per heavy atom. The van der Waals surface area contributed by atoms with Gasteiger partial charge >= 0.3 is 17.9 Å². The molecule has 0 aromatic heterocycles. The number of ether oxygens (including phenoxy) is 3. The summed E-state index contributed by atoms with van der Waals surface area (Å²) in [6, 6.07) is 0. The first-order chi connectivity index (χ1) is 27.0. The third-order valence-corrected chi connectivity index (χ3v) is 11.1. The Bertz CT molecular complexity index is 813. The van der Waals surface area contributed by atoms with Crippen LogP contribution in [0.4, 0.5) is 0 Å². The van der Waals surface area contributed by atoms with Crippen molar-refractivity contribution in [3.05, 3.63) is 0 Å². The molecule has 0 unspecified atom stereocenters. The van der Waals surface area contributed by atoms with Crippen molar-refractivity contribution < 1.29 is 28.6 Å². The second-order valence-electron chi connectivity index (χ2n) is 16.7. The fourth-order valence-electron chi connectivity index (χ4n) is 7.38. The number of carbonyl (C=O) groups excluding carboxylic acids is 3. The van der Waals surface area contributed by atoms with Crippen LogP contribution in [0.1, 0.15) is 278 Å². The second-order valence-corrected chi connectivity index (χ2v) is 16.7. The summed E-state index contributed by atoms with van der Waals surface area (Å²) in [5.74, 6) is -0.847. The van der Waals surface area contributed by atoms with Crippen molar-refractivity contribution in [2.45, 2.75) is 284 Å². The van der Waals surface area contributed by atoms with Crippen molar-refractivity contribution >= 4 is 17.9 Å². The van der Waals surface area contributed by atoms with Crippen LogP contribution in [-0.2, 0) is 28.6 Å². The van der Waals surface area contributed by atoms with E-state index in [9.17, 15) is 14.4 Å². The fourth-order valence-corrected chi connectivity index (χ4v) is 7.38. The van der Waals surface area contributed by atoms with E-state index in [1.807, 2.05) is 0 Å².